The molecule has 1 amide bonds. The Balaban J connectivity index is 1.43. The maximum absolute atomic E-state index is 12.6. The molecule has 5 heteroatoms. The molecule has 1 fully saturated rings. The van der Waals surface area contributed by atoms with E-state index < -0.39 is 6.29 Å². The van der Waals surface area contributed by atoms with Gasteiger partial charge in [0, 0.05) is 18.9 Å². The summed E-state index contributed by atoms with van der Waals surface area (Å²) in [6.45, 7) is 1.11. The van der Waals surface area contributed by atoms with Crippen LogP contribution in [0.15, 0.2) is 66.4 Å². The number of aliphatic hydroxyl groups is 1. The Labute approximate surface area is 171 Å². The van der Waals surface area contributed by atoms with E-state index in [0.29, 0.717) is 31.2 Å². The molecular weight excluding hydrogens is 366 g/mol. The molecule has 0 bridgehead atoms. The number of ether oxygens (including phenoxy) is 2. The molecule has 4 rings (SSSR count). The number of carbonyl (C=O) groups is 1. The number of carbonyl (C=O) groups excluding carboxylic acids is 1. The van der Waals surface area contributed by atoms with Crippen LogP contribution in [0.4, 0.5) is 0 Å². The summed E-state index contributed by atoms with van der Waals surface area (Å²) in [5, 5.41) is 12.1. The summed E-state index contributed by atoms with van der Waals surface area (Å²) in [6.07, 6.45) is 4.44. The molecule has 1 heterocycles. The maximum Gasteiger partial charge on any atom is 0.286 e. The van der Waals surface area contributed by atoms with Gasteiger partial charge in [0.05, 0.1) is 13.2 Å². The smallest absolute Gasteiger partial charge is 0.286 e. The summed E-state index contributed by atoms with van der Waals surface area (Å²) in [5.74, 6) is 0.847. The maximum atomic E-state index is 12.6. The first-order chi connectivity index (χ1) is 14.2. The minimum atomic E-state index is -0.496. The Bertz CT molecular complexity index is 843. The molecule has 0 saturated heterocycles. The van der Waals surface area contributed by atoms with E-state index in [0.717, 1.165) is 16.7 Å². The van der Waals surface area contributed by atoms with E-state index in [1.165, 1.54) is 12.8 Å². The molecular formula is C24H27NO4. The summed E-state index contributed by atoms with van der Waals surface area (Å²) in [6, 6.07) is 17.7. The predicted octanol–water partition coefficient (Wildman–Crippen LogP) is 3.64. The van der Waals surface area contributed by atoms with Gasteiger partial charge in [-0.2, -0.15) is 0 Å². The fourth-order valence-electron chi connectivity index (χ4n) is 3.43. The van der Waals surface area contributed by atoms with E-state index >= 15 is 0 Å². The van der Waals surface area contributed by atoms with E-state index in [1.807, 2.05) is 48.5 Å². The zero-order chi connectivity index (χ0) is 20.1. The summed E-state index contributed by atoms with van der Waals surface area (Å²) in [5.41, 5.74) is 3.00. The lowest BCUT2D eigenvalue weighted by Gasteiger charge is -2.29. The summed E-state index contributed by atoms with van der Waals surface area (Å²) < 4.78 is 11.9. The lowest BCUT2D eigenvalue weighted by Crippen LogP contribution is -2.33. The second-order valence-corrected chi connectivity index (χ2v) is 7.77. The zero-order valence-corrected chi connectivity index (χ0v) is 16.4. The van der Waals surface area contributed by atoms with Crippen LogP contribution in [0.2, 0.25) is 0 Å². The van der Waals surface area contributed by atoms with Gasteiger partial charge in [-0.25, -0.2) is 0 Å². The van der Waals surface area contributed by atoms with E-state index in [-0.39, 0.29) is 18.4 Å². The van der Waals surface area contributed by atoms with Crippen LogP contribution >= 0.6 is 0 Å². The van der Waals surface area contributed by atoms with Gasteiger partial charge in [-0.1, -0.05) is 54.6 Å². The Morgan fingerprint density at radius 1 is 1.07 bits per heavy atom. The predicted molar refractivity (Wildman–Crippen MR) is 110 cm³/mol. The number of hydrogen-bond donors (Lipinski definition) is 2. The van der Waals surface area contributed by atoms with Gasteiger partial charge >= 0.3 is 0 Å². The van der Waals surface area contributed by atoms with Gasteiger partial charge < -0.3 is 19.9 Å². The monoisotopic (exact) mass is 393 g/mol. The molecule has 1 saturated carbocycles. The molecule has 2 N–H and O–H groups in total. The first kappa shape index (κ1) is 19.7. The average molecular weight is 393 g/mol. The van der Waals surface area contributed by atoms with Gasteiger partial charge in [-0.15, -0.1) is 0 Å². The van der Waals surface area contributed by atoms with Crippen molar-refractivity contribution < 1.29 is 19.4 Å². The minimum absolute atomic E-state index is 0.0236. The van der Waals surface area contributed by atoms with Gasteiger partial charge in [0.25, 0.3) is 5.91 Å². The number of benzene rings is 2. The first-order valence-corrected chi connectivity index (χ1v) is 10.2. The highest BCUT2D eigenvalue weighted by Gasteiger charge is 2.30. The van der Waals surface area contributed by atoms with Gasteiger partial charge in [-0.3, -0.25) is 4.79 Å². The van der Waals surface area contributed by atoms with E-state index in [9.17, 15) is 4.79 Å². The minimum Gasteiger partial charge on any atom is -0.459 e. The Morgan fingerprint density at radius 2 is 1.79 bits per heavy atom. The summed E-state index contributed by atoms with van der Waals surface area (Å²) in [7, 11) is 0. The van der Waals surface area contributed by atoms with Gasteiger partial charge in [-0.05, 0) is 41.5 Å². The van der Waals surface area contributed by atoms with Crippen LogP contribution in [0.3, 0.4) is 0 Å². The molecule has 0 radical (unpaired) electrons. The topological polar surface area (TPSA) is 67.8 Å². The molecule has 2 atom stereocenters. The van der Waals surface area contributed by atoms with Crippen LogP contribution in [-0.2, 0) is 27.5 Å². The fraction of sp³-hybridized carbons (Fsp3) is 0.375. The highest BCUT2D eigenvalue weighted by atomic mass is 16.7. The van der Waals surface area contributed by atoms with Crippen molar-refractivity contribution in [2.75, 3.05) is 6.54 Å². The zero-order valence-electron chi connectivity index (χ0n) is 16.4. The third-order valence-electron chi connectivity index (χ3n) is 5.40. The Hall–Kier alpha value is -2.63. The van der Waals surface area contributed by atoms with Crippen LogP contribution in [-0.4, -0.2) is 23.8 Å². The fourth-order valence-corrected chi connectivity index (χ4v) is 3.43. The van der Waals surface area contributed by atoms with Crippen molar-refractivity contribution in [1.29, 1.82) is 0 Å². The molecule has 0 spiro atoms. The van der Waals surface area contributed by atoms with E-state index in [4.69, 9.17) is 14.6 Å². The van der Waals surface area contributed by atoms with Crippen LogP contribution in [0.25, 0.3) is 0 Å². The molecule has 2 unspecified atom stereocenters. The van der Waals surface area contributed by atoms with Gasteiger partial charge in [0.1, 0.15) is 0 Å². The van der Waals surface area contributed by atoms with Crippen molar-refractivity contribution in [3.05, 3.63) is 83.1 Å². The lowest BCUT2D eigenvalue weighted by atomic mass is 9.93. The number of amides is 1. The molecule has 1 aliphatic heterocycles. The molecule has 2 aliphatic rings. The molecule has 1 aliphatic carbocycles. The van der Waals surface area contributed by atoms with Crippen molar-refractivity contribution >= 4 is 5.91 Å². The number of allylic oxidation sites excluding steroid dienone is 1. The van der Waals surface area contributed by atoms with Crippen LogP contribution in [0.1, 0.15) is 41.9 Å². The first-order valence-electron chi connectivity index (χ1n) is 10.2. The SMILES string of the molecule is O=C(NCC1CC1)C1=CC(c2ccccc2)CC(OCc2ccc(CO)cc2)O1. The highest BCUT2D eigenvalue weighted by Crippen LogP contribution is 2.32. The van der Waals surface area contributed by atoms with Crippen molar-refractivity contribution in [2.45, 2.75) is 44.7 Å². The van der Waals surface area contributed by atoms with Crippen LogP contribution in [0, 0.1) is 5.92 Å². The lowest BCUT2D eigenvalue weighted by molar-refractivity contribution is -0.150. The molecule has 2 aromatic carbocycles. The summed E-state index contributed by atoms with van der Waals surface area (Å²) in [4.78, 5) is 12.6. The number of rotatable bonds is 8. The largest absolute Gasteiger partial charge is 0.459 e. The quantitative estimate of drug-likeness (QED) is 0.719. The van der Waals surface area contributed by atoms with Crippen LogP contribution in [0.5, 0.6) is 0 Å². The van der Waals surface area contributed by atoms with Crippen molar-refractivity contribution in [1.82, 2.24) is 5.32 Å². The normalized spacial score (nSPS) is 21.2. The Kier molecular flexibility index (Phi) is 6.27. The summed E-state index contributed by atoms with van der Waals surface area (Å²) >= 11 is 0. The highest BCUT2D eigenvalue weighted by molar-refractivity contribution is 5.91. The van der Waals surface area contributed by atoms with Crippen molar-refractivity contribution in [3.63, 3.8) is 0 Å². The van der Waals surface area contributed by atoms with Crippen LogP contribution < -0.4 is 5.32 Å². The molecule has 152 valence electrons. The van der Waals surface area contributed by atoms with Crippen molar-refractivity contribution in [3.8, 4) is 0 Å². The number of hydrogen-bond acceptors (Lipinski definition) is 4. The van der Waals surface area contributed by atoms with Gasteiger partial charge in [0.2, 0.25) is 6.29 Å². The molecule has 0 aromatic heterocycles. The Morgan fingerprint density at radius 3 is 2.48 bits per heavy atom. The second-order valence-electron chi connectivity index (χ2n) is 7.77. The standard InChI is InChI=1S/C24H27NO4/c26-15-18-8-10-19(11-9-18)16-28-23-13-21(20-4-2-1-3-5-20)12-22(29-23)24(27)25-14-17-6-7-17/h1-5,8-12,17,21,23,26H,6-7,13-16H2,(H,25,27). The molecule has 29 heavy (non-hydrogen) atoms. The average Bonchev–Trinajstić information content (AvgIpc) is 3.61. The third kappa shape index (κ3) is 5.46. The second kappa shape index (κ2) is 9.25. The third-order valence-corrected chi connectivity index (χ3v) is 5.40. The molecule has 2 aromatic rings. The number of nitrogens with one attached hydrogen (secondary N) is 1. The van der Waals surface area contributed by atoms with E-state index in [2.05, 4.69) is 17.4 Å². The van der Waals surface area contributed by atoms with Crippen molar-refractivity contribution in [2.24, 2.45) is 5.92 Å². The van der Waals surface area contributed by atoms with Gasteiger partial charge in [0.15, 0.2) is 5.76 Å². The molecule has 5 nitrogen and oxygen atoms in total. The van der Waals surface area contributed by atoms with E-state index in [1.54, 1.807) is 0 Å². The number of aliphatic hydroxyl groups excluding tert-OH is 1.